The average molecular weight is 273 g/mol. The minimum atomic E-state index is 0.0329. The lowest BCUT2D eigenvalue weighted by atomic mass is 9.98. The van der Waals surface area contributed by atoms with Crippen LogP contribution < -0.4 is 11.1 Å². The van der Waals surface area contributed by atoms with Gasteiger partial charge in [0.25, 0.3) is 5.91 Å². The van der Waals surface area contributed by atoms with Gasteiger partial charge in [0.2, 0.25) is 0 Å². The van der Waals surface area contributed by atoms with Gasteiger partial charge in [-0.25, -0.2) is 0 Å². The number of benzene rings is 1. The Bertz CT molecular complexity index is 514. The van der Waals surface area contributed by atoms with Crippen LogP contribution >= 0.6 is 0 Å². The number of aryl methyl sites for hydroxylation is 1. The largest absolute Gasteiger partial charge is 0.399 e. The highest BCUT2D eigenvalue weighted by atomic mass is 16.1. The van der Waals surface area contributed by atoms with Gasteiger partial charge < -0.3 is 11.1 Å². The maximum atomic E-state index is 12.4. The molecule has 1 aromatic rings. The average Bonchev–Trinajstić information content (AvgIpc) is 2.85. The van der Waals surface area contributed by atoms with Crippen molar-refractivity contribution in [3.63, 3.8) is 0 Å². The zero-order valence-corrected chi connectivity index (χ0v) is 12.1. The Labute approximate surface area is 120 Å². The molecule has 2 saturated heterocycles. The zero-order chi connectivity index (χ0) is 14.1. The van der Waals surface area contributed by atoms with E-state index in [1.54, 1.807) is 0 Å². The van der Waals surface area contributed by atoms with Crippen molar-refractivity contribution in [1.82, 2.24) is 10.2 Å². The molecule has 2 aliphatic heterocycles. The number of piperidine rings is 1. The molecule has 4 heteroatoms. The second kappa shape index (κ2) is 5.44. The molecule has 0 spiro atoms. The number of nitrogens with one attached hydrogen (secondary N) is 1. The van der Waals surface area contributed by atoms with E-state index in [2.05, 4.69) is 10.2 Å². The third-order valence-corrected chi connectivity index (χ3v) is 4.70. The molecule has 108 valence electrons. The van der Waals surface area contributed by atoms with Crippen molar-refractivity contribution in [3.05, 3.63) is 29.3 Å². The summed E-state index contributed by atoms with van der Waals surface area (Å²) in [6, 6.07) is 6.35. The molecule has 0 aliphatic carbocycles. The molecular weight excluding hydrogens is 250 g/mol. The van der Waals surface area contributed by atoms with Crippen LogP contribution in [-0.2, 0) is 0 Å². The highest BCUT2D eigenvalue weighted by Crippen LogP contribution is 2.27. The number of carbonyl (C=O) groups is 1. The number of rotatable bonds is 2. The minimum absolute atomic E-state index is 0.0329. The number of nitrogens with two attached hydrogens (primary N) is 1. The van der Waals surface area contributed by atoms with Gasteiger partial charge in [-0.05, 0) is 56.5 Å². The van der Waals surface area contributed by atoms with Crippen LogP contribution in [0.2, 0.25) is 0 Å². The number of anilines is 1. The number of hydrogen-bond donors (Lipinski definition) is 2. The third kappa shape index (κ3) is 2.52. The first-order chi connectivity index (χ1) is 9.65. The maximum absolute atomic E-state index is 12.4. The second-order valence-electron chi connectivity index (χ2n) is 6.04. The summed E-state index contributed by atoms with van der Waals surface area (Å²) in [4.78, 5) is 14.9. The van der Waals surface area contributed by atoms with Crippen molar-refractivity contribution in [3.8, 4) is 0 Å². The Morgan fingerprint density at radius 1 is 1.30 bits per heavy atom. The first kappa shape index (κ1) is 13.4. The van der Waals surface area contributed by atoms with Crippen LogP contribution in [0.1, 0.15) is 41.6 Å². The first-order valence-electron chi connectivity index (χ1n) is 7.56. The zero-order valence-electron chi connectivity index (χ0n) is 12.1. The summed E-state index contributed by atoms with van der Waals surface area (Å²) in [5.41, 5.74) is 8.21. The summed E-state index contributed by atoms with van der Waals surface area (Å²) in [7, 11) is 0. The Hall–Kier alpha value is -1.55. The van der Waals surface area contributed by atoms with Crippen molar-refractivity contribution in [2.75, 3.05) is 18.8 Å². The van der Waals surface area contributed by atoms with E-state index in [4.69, 9.17) is 5.73 Å². The van der Waals surface area contributed by atoms with Crippen LogP contribution in [0.4, 0.5) is 5.69 Å². The van der Waals surface area contributed by atoms with E-state index in [9.17, 15) is 4.79 Å². The van der Waals surface area contributed by atoms with Gasteiger partial charge in [0, 0.05) is 29.9 Å². The molecule has 3 rings (SSSR count). The monoisotopic (exact) mass is 273 g/mol. The van der Waals surface area contributed by atoms with Crippen LogP contribution in [0.25, 0.3) is 0 Å². The van der Waals surface area contributed by atoms with Gasteiger partial charge >= 0.3 is 0 Å². The van der Waals surface area contributed by atoms with E-state index in [0.717, 1.165) is 24.2 Å². The summed E-state index contributed by atoms with van der Waals surface area (Å²) in [5, 5.41) is 3.22. The van der Waals surface area contributed by atoms with Gasteiger partial charge in [-0.15, -0.1) is 0 Å². The highest BCUT2D eigenvalue weighted by molar-refractivity contribution is 5.95. The summed E-state index contributed by atoms with van der Waals surface area (Å²) in [6.45, 7) is 4.25. The van der Waals surface area contributed by atoms with Crippen molar-refractivity contribution < 1.29 is 4.79 Å². The number of nitrogen functional groups attached to an aromatic ring is 1. The Balaban J connectivity index is 1.68. The normalized spacial score (nSPS) is 26.2. The Morgan fingerprint density at radius 3 is 2.95 bits per heavy atom. The summed E-state index contributed by atoms with van der Waals surface area (Å²) >= 11 is 0. The molecule has 2 fully saturated rings. The lowest BCUT2D eigenvalue weighted by molar-refractivity contribution is 0.0915. The van der Waals surface area contributed by atoms with Crippen LogP contribution in [-0.4, -0.2) is 36.0 Å². The standard InChI is InChI=1S/C16H23N3O/c1-11-10-12(5-6-13(11)17)16(20)18-14-7-9-19-8-3-2-4-15(14)19/h5-6,10,14-15H,2-4,7-9,17H2,1H3,(H,18,20). The molecule has 1 amide bonds. The lowest BCUT2D eigenvalue weighted by Crippen LogP contribution is -2.46. The van der Waals surface area contributed by atoms with E-state index in [1.807, 2.05) is 25.1 Å². The van der Waals surface area contributed by atoms with Crippen LogP contribution in [0.3, 0.4) is 0 Å². The van der Waals surface area contributed by atoms with E-state index >= 15 is 0 Å². The van der Waals surface area contributed by atoms with E-state index in [0.29, 0.717) is 17.6 Å². The predicted molar refractivity (Wildman–Crippen MR) is 80.7 cm³/mol. The fourth-order valence-electron chi connectivity index (χ4n) is 3.48. The maximum Gasteiger partial charge on any atom is 0.251 e. The molecule has 4 nitrogen and oxygen atoms in total. The Kier molecular flexibility index (Phi) is 3.66. The molecule has 2 aliphatic rings. The van der Waals surface area contributed by atoms with Gasteiger partial charge in [0.1, 0.15) is 0 Å². The molecule has 1 aromatic carbocycles. The number of hydrogen-bond acceptors (Lipinski definition) is 3. The van der Waals surface area contributed by atoms with E-state index in [1.165, 1.54) is 25.8 Å². The first-order valence-corrected chi connectivity index (χ1v) is 7.56. The van der Waals surface area contributed by atoms with Crippen molar-refractivity contribution >= 4 is 11.6 Å². The molecule has 2 atom stereocenters. The molecule has 0 saturated carbocycles. The molecule has 2 unspecified atom stereocenters. The fourth-order valence-corrected chi connectivity index (χ4v) is 3.48. The van der Waals surface area contributed by atoms with Gasteiger partial charge in [-0.1, -0.05) is 6.42 Å². The van der Waals surface area contributed by atoms with Gasteiger partial charge in [-0.3, -0.25) is 9.69 Å². The molecular formula is C16H23N3O. The van der Waals surface area contributed by atoms with Crippen molar-refractivity contribution in [2.24, 2.45) is 0 Å². The highest BCUT2D eigenvalue weighted by Gasteiger charge is 2.36. The fraction of sp³-hybridized carbons (Fsp3) is 0.562. The van der Waals surface area contributed by atoms with Gasteiger partial charge in [0.15, 0.2) is 0 Å². The molecule has 0 aromatic heterocycles. The Morgan fingerprint density at radius 2 is 2.15 bits per heavy atom. The molecule has 2 heterocycles. The SMILES string of the molecule is Cc1cc(C(=O)NC2CCN3CCCCC23)ccc1N. The quantitative estimate of drug-likeness (QED) is 0.810. The smallest absolute Gasteiger partial charge is 0.251 e. The number of fused-ring (bicyclic) bond motifs is 1. The van der Waals surface area contributed by atoms with Gasteiger partial charge in [0.05, 0.1) is 0 Å². The topological polar surface area (TPSA) is 58.4 Å². The summed E-state index contributed by atoms with van der Waals surface area (Å²) in [6.07, 6.45) is 4.87. The number of amides is 1. The van der Waals surface area contributed by atoms with E-state index in [-0.39, 0.29) is 5.91 Å². The molecule has 0 radical (unpaired) electrons. The molecule has 3 N–H and O–H groups in total. The summed E-state index contributed by atoms with van der Waals surface area (Å²) in [5.74, 6) is 0.0329. The number of nitrogens with zero attached hydrogens (tertiary/aromatic N) is 1. The molecule has 20 heavy (non-hydrogen) atoms. The van der Waals surface area contributed by atoms with Crippen LogP contribution in [0.15, 0.2) is 18.2 Å². The van der Waals surface area contributed by atoms with E-state index < -0.39 is 0 Å². The van der Waals surface area contributed by atoms with Crippen molar-refractivity contribution in [2.45, 2.75) is 44.7 Å². The van der Waals surface area contributed by atoms with Gasteiger partial charge in [-0.2, -0.15) is 0 Å². The summed E-state index contributed by atoms with van der Waals surface area (Å²) < 4.78 is 0. The predicted octanol–water partition coefficient (Wildman–Crippen LogP) is 1.93. The van der Waals surface area contributed by atoms with Crippen molar-refractivity contribution in [1.29, 1.82) is 0 Å². The molecule has 0 bridgehead atoms. The minimum Gasteiger partial charge on any atom is -0.399 e. The lowest BCUT2D eigenvalue weighted by Gasteiger charge is -2.32. The number of carbonyl (C=O) groups excluding carboxylic acids is 1. The third-order valence-electron chi connectivity index (χ3n) is 4.70. The second-order valence-corrected chi connectivity index (χ2v) is 6.04. The van der Waals surface area contributed by atoms with Crippen LogP contribution in [0.5, 0.6) is 0 Å². The van der Waals surface area contributed by atoms with Crippen LogP contribution in [0, 0.1) is 6.92 Å².